The molecule has 0 atom stereocenters. The van der Waals surface area contributed by atoms with Crippen LogP contribution in [0.5, 0.6) is 0 Å². The number of hydrogen-bond acceptors (Lipinski definition) is 1. The van der Waals surface area contributed by atoms with Gasteiger partial charge in [0.2, 0.25) is 0 Å². The molecule has 0 fully saturated rings. The van der Waals surface area contributed by atoms with Crippen LogP contribution in [0, 0.1) is 0 Å². The minimum Gasteiger partial charge on any atom is -0.778 e. The largest absolute Gasteiger partial charge is 0.778 e. The van der Waals surface area contributed by atoms with Gasteiger partial charge in [0, 0.05) is 0 Å². The molecule has 0 aliphatic carbocycles. The van der Waals surface area contributed by atoms with Crippen LogP contribution < -0.4 is 4.89 Å². The van der Waals surface area contributed by atoms with E-state index in [4.69, 9.17) is 49.9 Å². The first-order chi connectivity index (χ1) is 3.73. The summed E-state index contributed by atoms with van der Waals surface area (Å²) in [6, 6.07) is 0. The number of halogens is 6. The average Bonchev–Trinajstić information content (AvgIpc) is 1.19. The molecule has 0 unspecified atom stereocenters. The van der Waals surface area contributed by atoms with Gasteiger partial charge in [-0.25, -0.2) is 8.39 Å². The Morgan fingerprint density at radius 3 is 1.11 bits per heavy atom. The summed E-state index contributed by atoms with van der Waals surface area (Å²) in [5, 5.41) is 0. The normalized spacial score (nSPS) is 10.7. The van der Waals surface area contributed by atoms with Gasteiger partial charge in [0.1, 0.15) is 45.0 Å². The Bertz CT molecular complexity index is 53.3. The maximum Gasteiger partial charge on any atom is 0.402 e. The second kappa shape index (κ2) is 6.54. The maximum absolute atomic E-state index is 9.84. The van der Waals surface area contributed by atoms with E-state index >= 15 is 0 Å². The SMILES string of the molecule is Cl[P+](Cl)(Cl)Cl.[O-]P(F)F. The van der Waals surface area contributed by atoms with Gasteiger partial charge in [-0.3, -0.25) is 0 Å². The molecule has 0 aliphatic rings. The summed E-state index contributed by atoms with van der Waals surface area (Å²) in [7, 11) is -3.87. The lowest BCUT2D eigenvalue weighted by atomic mass is 15.9. The molecule has 0 saturated heterocycles. The molecule has 0 amide bonds. The maximum atomic E-state index is 9.84. The lowest BCUT2D eigenvalue weighted by molar-refractivity contribution is -0.180. The van der Waals surface area contributed by atoms with E-state index < -0.39 is 13.4 Å². The first kappa shape index (κ1) is 13.4. The molecular formula is Cl4F2OP2. The van der Waals surface area contributed by atoms with Gasteiger partial charge in [0.05, 0.1) is 0 Å². The standard InChI is InChI=1S/Cl4P.F2OP/c1-5(2,3)4;1-4(2)3/q+1;-1. The van der Waals surface area contributed by atoms with Crippen LogP contribution in [0.3, 0.4) is 0 Å². The van der Waals surface area contributed by atoms with Crippen molar-refractivity contribution in [3.8, 4) is 0 Å². The Balaban J connectivity index is 0. The highest BCUT2D eigenvalue weighted by atomic mass is 36.2. The first-order valence-corrected chi connectivity index (χ1v) is 7.65. The van der Waals surface area contributed by atoms with E-state index in [0.29, 0.717) is 0 Å². The van der Waals surface area contributed by atoms with Crippen LogP contribution in [0.1, 0.15) is 0 Å². The molecule has 0 aromatic heterocycles. The van der Waals surface area contributed by atoms with E-state index in [2.05, 4.69) is 0 Å². The Hall–Kier alpha value is 1.84. The number of hydrogen-bond donors (Lipinski definition) is 0. The highest BCUT2D eigenvalue weighted by Crippen LogP contribution is 2.78. The van der Waals surface area contributed by atoms with Crippen molar-refractivity contribution in [2.24, 2.45) is 0 Å². The van der Waals surface area contributed by atoms with E-state index in [1.807, 2.05) is 0 Å². The second-order valence-electron chi connectivity index (χ2n) is 0.585. The molecule has 0 spiro atoms. The Morgan fingerprint density at radius 2 is 1.11 bits per heavy atom. The van der Waals surface area contributed by atoms with Crippen molar-refractivity contribution in [2.45, 2.75) is 0 Å². The van der Waals surface area contributed by atoms with Gasteiger partial charge in [-0.15, -0.1) is 0 Å². The van der Waals surface area contributed by atoms with Crippen LogP contribution >= 0.6 is 58.4 Å². The molecule has 0 bridgehead atoms. The summed E-state index contributed by atoms with van der Waals surface area (Å²) >= 11 is 19.8. The smallest absolute Gasteiger partial charge is 0.402 e. The van der Waals surface area contributed by atoms with Crippen LogP contribution in [0.15, 0.2) is 0 Å². The zero-order chi connectivity index (χ0) is 8.08. The molecule has 9 heteroatoms. The van der Waals surface area contributed by atoms with Crippen molar-refractivity contribution in [1.82, 2.24) is 0 Å². The van der Waals surface area contributed by atoms with Crippen molar-refractivity contribution in [3.63, 3.8) is 0 Å². The molecule has 0 aliphatic heterocycles. The Labute approximate surface area is 71.8 Å². The molecular weight excluding hydrogens is 258 g/mol. The fourth-order valence-corrected chi connectivity index (χ4v) is 0. The monoisotopic (exact) mass is 256 g/mol. The van der Waals surface area contributed by atoms with Gasteiger partial charge in [-0.1, -0.05) is 0 Å². The predicted octanol–water partition coefficient (Wildman–Crippen LogP) is 4.13. The topological polar surface area (TPSA) is 23.1 Å². The highest BCUT2D eigenvalue weighted by molar-refractivity contribution is 8.46. The zero-order valence-corrected chi connectivity index (χ0v) is 8.38. The third-order valence-electron chi connectivity index (χ3n) is 0. The van der Waals surface area contributed by atoms with Crippen molar-refractivity contribution in [1.29, 1.82) is 0 Å². The zero-order valence-electron chi connectivity index (χ0n) is 3.57. The van der Waals surface area contributed by atoms with E-state index in [0.717, 1.165) is 0 Å². The minimum absolute atomic E-state index is 2.50. The molecule has 0 saturated carbocycles. The first-order valence-electron chi connectivity index (χ1n) is 1.20. The van der Waals surface area contributed by atoms with Gasteiger partial charge in [0.15, 0.2) is 8.77 Å². The summed E-state index contributed by atoms with van der Waals surface area (Å²) in [4.78, 5) is 8.26. The summed E-state index contributed by atoms with van der Waals surface area (Å²) in [5.74, 6) is 0. The molecule has 1 nitrogen and oxygen atoms in total. The van der Waals surface area contributed by atoms with E-state index in [9.17, 15) is 8.39 Å². The fourth-order valence-electron chi connectivity index (χ4n) is 0. The molecule has 0 heterocycles. The van der Waals surface area contributed by atoms with Crippen LogP contribution in [0.25, 0.3) is 0 Å². The average molecular weight is 258 g/mol. The van der Waals surface area contributed by atoms with Crippen LogP contribution in [-0.2, 0) is 0 Å². The van der Waals surface area contributed by atoms with Crippen molar-refractivity contribution in [3.05, 3.63) is 0 Å². The quantitative estimate of drug-likeness (QED) is 0.599. The van der Waals surface area contributed by atoms with Gasteiger partial charge in [0.25, 0.3) is 0 Å². The summed E-state index contributed by atoms with van der Waals surface area (Å²) < 4.78 is 17.2. The predicted molar refractivity (Wildman–Crippen MR) is 39.5 cm³/mol. The second-order valence-corrected chi connectivity index (χ2v) is 11.0. The van der Waals surface area contributed by atoms with Crippen LogP contribution in [-0.4, -0.2) is 0 Å². The molecule has 9 heavy (non-hydrogen) atoms. The third-order valence-corrected chi connectivity index (χ3v) is 0. The van der Waals surface area contributed by atoms with E-state index in [1.165, 1.54) is 0 Å². The van der Waals surface area contributed by atoms with Crippen LogP contribution in [0.2, 0.25) is 0 Å². The van der Waals surface area contributed by atoms with Gasteiger partial charge < -0.3 is 4.89 Å². The summed E-state index contributed by atoms with van der Waals surface area (Å²) in [6.07, 6.45) is 0. The fraction of sp³-hybridized carbons (Fsp3) is 0. The summed E-state index contributed by atoms with van der Waals surface area (Å²) in [5.41, 5.74) is 0. The molecule has 0 N–H and O–H groups in total. The van der Waals surface area contributed by atoms with Crippen LogP contribution in [0.4, 0.5) is 8.39 Å². The van der Waals surface area contributed by atoms with Crippen molar-refractivity contribution in [2.75, 3.05) is 0 Å². The lowest BCUT2D eigenvalue weighted by Crippen LogP contribution is -1.77. The van der Waals surface area contributed by atoms with E-state index in [1.54, 1.807) is 0 Å². The van der Waals surface area contributed by atoms with E-state index in [-0.39, 0.29) is 0 Å². The Morgan fingerprint density at radius 1 is 1.11 bits per heavy atom. The molecule has 0 rings (SSSR count). The molecule has 0 aromatic carbocycles. The van der Waals surface area contributed by atoms with Gasteiger partial charge in [-0.05, 0) is 0 Å². The van der Waals surface area contributed by atoms with Gasteiger partial charge in [-0.2, -0.15) is 0 Å². The lowest BCUT2D eigenvalue weighted by Gasteiger charge is -1.89. The van der Waals surface area contributed by atoms with Crippen molar-refractivity contribution >= 4 is 58.4 Å². The number of rotatable bonds is 0. The van der Waals surface area contributed by atoms with Crippen molar-refractivity contribution < 1.29 is 13.3 Å². The molecule has 0 radical (unpaired) electrons. The third kappa shape index (κ3) is 179. The highest BCUT2D eigenvalue weighted by Gasteiger charge is 2.28. The summed E-state index contributed by atoms with van der Waals surface area (Å²) in [6.45, 7) is 0. The Kier molecular flexibility index (Phi) is 9.77. The minimum atomic E-state index is -3.87. The molecule has 58 valence electrons. The van der Waals surface area contributed by atoms with Gasteiger partial charge >= 0.3 is 4.67 Å². The molecule has 0 aromatic rings.